The summed E-state index contributed by atoms with van der Waals surface area (Å²) in [6.07, 6.45) is 0.289. The van der Waals surface area contributed by atoms with Crippen molar-refractivity contribution in [1.29, 1.82) is 0 Å². The lowest BCUT2D eigenvalue weighted by molar-refractivity contribution is -0.117. The molecule has 2 nitrogen and oxygen atoms in total. The molecule has 2 rings (SSSR count). The van der Waals surface area contributed by atoms with Crippen LogP contribution in [-0.2, 0) is 4.79 Å². The highest BCUT2D eigenvalue weighted by Gasteiger charge is 2.24. The van der Waals surface area contributed by atoms with Gasteiger partial charge in [-0.25, -0.2) is 0 Å². The summed E-state index contributed by atoms with van der Waals surface area (Å²) < 4.78 is 0. The maximum atomic E-state index is 12.3. The van der Waals surface area contributed by atoms with Gasteiger partial charge in [-0.1, -0.05) is 12.1 Å². The molecule has 4 heteroatoms. The topological polar surface area (TPSA) is 34.1 Å². The van der Waals surface area contributed by atoms with E-state index in [1.54, 1.807) is 0 Å². The van der Waals surface area contributed by atoms with Crippen LogP contribution in [0.15, 0.2) is 35.0 Å². The molecule has 2 heterocycles. The average molecular weight is 264 g/mol. The third kappa shape index (κ3) is 2.90. The second-order valence-electron chi connectivity index (χ2n) is 3.82. The van der Waals surface area contributed by atoms with Crippen molar-refractivity contribution < 1.29 is 9.59 Å². The zero-order chi connectivity index (χ0) is 12.3. The number of thiophene rings is 2. The molecule has 88 valence electrons. The second kappa shape index (κ2) is 5.38. The summed E-state index contributed by atoms with van der Waals surface area (Å²) in [7, 11) is 0. The smallest absolute Gasteiger partial charge is 0.181 e. The van der Waals surface area contributed by atoms with Crippen LogP contribution >= 0.6 is 22.7 Å². The van der Waals surface area contributed by atoms with Crippen LogP contribution < -0.4 is 0 Å². The predicted molar refractivity (Wildman–Crippen MR) is 71.0 cm³/mol. The quantitative estimate of drug-likeness (QED) is 0.771. The van der Waals surface area contributed by atoms with E-state index in [1.807, 2.05) is 35.0 Å². The van der Waals surface area contributed by atoms with Gasteiger partial charge in [-0.2, -0.15) is 0 Å². The first-order valence-electron chi connectivity index (χ1n) is 5.29. The van der Waals surface area contributed by atoms with Crippen molar-refractivity contribution in [3.63, 3.8) is 0 Å². The maximum Gasteiger partial charge on any atom is 0.181 e. The number of rotatable bonds is 5. The molecule has 1 unspecified atom stereocenters. The van der Waals surface area contributed by atoms with Gasteiger partial charge in [-0.15, -0.1) is 22.7 Å². The van der Waals surface area contributed by atoms with Crippen LogP contribution in [0.5, 0.6) is 0 Å². The number of carbonyl (C=O) groups is 2. The van der Waals surface area contributed by atoms with E-state index in [1.165, 1.54) is 29.6 Å². The van der Waals surface area contributed by atoms with Gasteiger partial charge in [-0.3, -0.25) is 9.59 Å². The van der Waals surface area contributed by atoms with Crippen molar-refractivity contribution in [1.82, 2.24) is 0 Å². The molecular weight excluding hydrogens is 252 g/mol. The molecule has 0 N–H and O–H groups in total. The van der Waals surface area contributed by atoms with Gasteiger partial charge in [0.1, 0.15) is 5.78 Å². The minimum Gasteiger partial charge on any atom is -0.300 e. The molecule has 0 amide bonds. The Morgan fingerprint density at radius 1 is 1.18 bits per heavy atom. The lowest BCUT2D eigenvalue weighted by Gasteiger charge is -2.11. The Bertz CT molecular complexity index is 498. The molecule has 1 atom stereocenters. The fourth-order valence-electron chi connectivity index (χ4n) is 1.69. The molecule has 0 spiro atoms. The first-order valence-corrected chi connectivity index (χ1v) is 7.05. The van der Waals surface area contributed by atoms with Gasteiger partial charge in [0.25, 0.3) is 0 Å². The van der Waals surface area contributed by atoms with Crippen molar-refractivity contribution in [2.75, 3.05) is 0 Å². The highest BCUT2D eigenvalue weighted by Crippen LogP contribution is 2.29. The van der Waals surface area contributed by atoms with Crippen LogP contribution in [0.1, 0.15) is 33.8 Å². The lowest BCUT2D eigenvalue weighted by Crippen LogP contribution is -2.13. The molecule has 0 radical (unpaired) electrons. The van der Waals surface area contributed by atoms with Crippen molar-refractivity contribution in [3.05, 3.63) is 44.8 Å². The SMILES string of the molecule is CC(=O)CC(C(=O)c1cccs1)c1cccs1. The molecular formula is C13H12O2S2. The number of hydrogen-bond donors (Lipinski definition) is 0. The Hall–Kier alpha value is -1.26. The maximum absolute atomic E-state index is 12.3. The third-order valence-electron chi connectivity index (χ3n) is 2.46. The normalized spacial score (nSPS) is 12.3. The summed E-state index contributed by atoms with van der Waals surface area (Å²) in [6, 6.07) is 7.50. The van der Waals surface area contributed by atoms with Crippen LogP contribution in [0.3, 0.4) is 0 Å². The minimum absolute atomic E-state index is 0.0494. The molecule has 0 aromatic carbocycles. The van der Waals surface area contributed by atoms with Crippen molar-refractivity contribution in [3.8, 4) is 0 Å². The van der Waals surface area contributed by atoms with E-state index in [9.17, 15) is 9.59 Å². The molecule has 17 heavy (non-hydrogen) atoms. The van der Waals surface area contributed by atoms with Crippen LogP contribution in [0.25, 0.3) is 0 Å². The summed E-state index contributed by atoms with van der Waals surface area (Å²) in [5.74, 6) is -0.211. The van der Waals surface area contributed by atoms with E-state index in [2.05, 4.69) is 0 Å². The zero-order valence-electron chi connectivity index (χ0n) is 9.38. The Morgan fingerprint density at radius 3 is 2.41 bits per heavy atom. The predicted octanol–water partition coefficient (Wildman–Crippen LogP) is 3.76. The third-order valence-corrected chi connectivity index (χ3v) is 4.33. The summed E-state index contributed by atoms with van der Waals surface area (Å²) in [4.78, 5) is 25.3. The van der Waals surface area contributed by atoms with Crippen LogP contribution in [0.4, 0.5) is 0 Å². The van der Waals surface area contributed by atoms with Crippen molar-refractivity contribution in [2.24, 2.45) is 0 Å². The van der Waals surface area contributed by atoms with Gasteiger partial charge in [0.05, 0.1) is 10.8 Å². The van der Waals surface area contributed by atoms with Crippen LogP contribution in [0, 0.1) is 0 Å². The monoisotopic (exact) mass is 264 g/mol. The van der Waals surface area contributed by atoms with Crippen molar-refractivity contribution in [2.45, 2.75) is 19.3 Å². The van der Waals surface area contributed by atoms with E-state index in [4.69, 9.17) is 0 Å². The van der Waals surface area contributed by atoms with Gasteiger partial charge in [0.2, 0.25) is 0 Å². The van der Waals surface area contributed by atoms with Gasteiger partial charge in [0.15, 0.2) is 5.78 Å². The number of carbonyl (C=O) groups excluding carboxylic acids is 2. The van der Waals surface area contributed by atoms with Crippen molar-refractivity contribution >= 4 is 34.2 Å². The van der Waals surface area contributed by atoms with E-state index >= 15 is 0 Å². The molecule has 0 fully saturated rings. The fraction of sp³-hybridized carbons (Fsp3) is 0.231. The highest BCUT2D eigenvalue weighted by atomic mass is 32.1. The Balaban J connectivity index is 2.28. The first kappa shape index (κ1) is 12.2. The van der Waals surface area contributed by atoms with Gasteiger partial charge in [0, 0.05) is 11.3 Å². The van der Waals surface area contributed by atoms with Crippen LogP contribution in [-0.4, -0.2) is 11.6 Å². The molecule has 0 aliphatic carbocycles. The van der Waals surface area contributed by atoms with Crippen LogP contribution in [0.2, 0.25) is 0 Å². The second-order valence-corrected chi connectivity index (χ2v) is 5.74. The zero-order valence-corrected chi connectivity index (χ0v) is 11.0. The number of ketones is 2. The van der Waals surface area contributed by atoms with E-state index in [0.29, 0.717) is 0 Å². The average Bonchev–Trinajstić information content (AvgIpc) is 2.96. The first-order chi connectivity index (χ1) is 8.18. The van der Waals surface area contributed by atoms with Gasteiger partial charge >= 0.3 is 0 Å². The fourth-order valence-corrected chi connectivity index (χ4v) is 3.24. The van der Waals surface area contributed by atoms with Gasteiger partial charge < -0.3 is 0 Å². The summed E-state index contributed by atoms with van der Waals surface area (Å²) >= 11 is 2.96. The molecule has 2 aromatic rings. The molecule has 0 saturated carbocycles. The number of hydrogen-bond acceptors (Lipinski definition) is 4. The molecule has 2 aromatic heterocycles. The Kier molecular flexibility index (Phi) is 3.86. The lowest BCUT2D eigenvalue weighted by atomic mass is 9.95. The van der Waals surface area contributed by atoms with Gasteiger partial charge in [-0.05, 0) is 29.8 Å². The molecule has 0 saturated heterocycles. The largest absolute Gasteiger partial charge is 0.300 e. The highest BCUT2D eigenvalue weighted by molar-refractivity contribution is 7.12. The summed E-state index contributed by atoms with van der Waals surface area (Å²) in [5.41, 5.74) is 0. The standard InChI is InChI=1S/C13H12O2S2/c1-9(14)8-10(11-4-2-6-16-11)13(15)12-5-3-7-17-12/h2-7,10H,8H2,1H3. The summed E-state index contributed by atoms with van der Waals surface area (Å²) in [5, 5.41) is 3.82. The van der Waals surface area contributed by atoms with E-state index < -0.39 is 0 Å². The Morgan fingerprint density at radius 2 is 1.88 bits per heavy atom. The minimum atomic E-state index is -0.314. The van der Waals surface area contributed by atoms with E-state index in [-0.39, 0.29) is 23.9 Å². The molecule has 0 bridgehead atoms. The number of Topliss-reactive ketones (excluding diaryl/α,β-unsaturated/α-hetero) is 2. The molecule has 0 aliphatic rings. The Labute approximate surface area is 108 Å². The molecule has 0 aliphatic heterocycles. The van der Waals surface area contributed by atoms with E-state index in [0.717, 1.165) is 9.75 Å². The summed E-state index contributed by atoms with van der Waals surface area (Å²) in [6.45, 7) is 1.53.